The lowest BCUT2D eigenvalue weighted by Crippen LogP contribution is -2.52. The minimum Gasteiger partial charge on any atom is -0.497 e. The maximum atomic E-state index is 13.0. The van der Waals surface area contributed by atoms with Gasteiger partial charge < -0.3 is 20.5 Å². The fraction of sp³-hybridized carbons (Fsp3) is 0.630. The number of carbonyl (C=O) groups is 1. The smallest absolute Gasteiger partial charge is 0.237 e. The van der Waals surface area contributed by atoms with E-state index in [4.69, 9.17) is 9.72 Å². The molecule has 1 aliphatic rings. The Hall–Kier alpha value is -2.98. The molecule has 1 amide bonds. The topological polar surface area (TPSA) is 117 Å². The number of amides is 1. The van der Waals surface area contributed by atoms with E-state index in [1.807, 2.05) is 29.5 Å². The Morgan fingerprint density at radius 3 is 2.65 bits per heavy atom. The summed E-state index contributed by atoms with van der Waals surface area (Å²) in [6.07, 6.45) is 4.72. The lowest BCUT2D eigenvalue weighted by atomic mass is 9.91. The molecular formula is C27H41N7O3. The molecule has 1 saturated heterocycles. The van der Waals surface area contributed by atoms with Crippen molar-refractivity contribution in [2.45, 2.75) is 58.9 Å². The van der Waals surface area contributed by atoms with E-state index in [1.165, 1.54) is 0 Å². The minimum absolute atomic E-state index is 0.101. The van der Waals surface area contributed by atoms with Gasteiger partial charge in [-0.15, -0.1) is 10.2 Å². The lowest BCUT2D eigenvalue weighted by molar-refractivity contribution is -0.128. The number of unbranched alkanes of at least 4 members (excludes halogenated alkanes) is 1. The molecule has 10 heteroatoms. The Labute approximate surface area is 218 Å². The number of hydrogen-bond donors (Lipinski definition) is 3. The standard InChI is InChI=1S/C27H41N7O3/c1-18(2)24(33-14-9-20(10-15-33)11-16-35)27(36)29-13-6-5-12-28-25-26-32-31-19(3)34(26)23-8-7-21(37-4)17-22(23)30-25/h7-8,17-18,20,24,35H,5-6,9-16H2,1-4H3,(H,28,30)(H,29,36). The van der Waals surface area contributed by atoms with Crippen LogP contribution >= 0.6 is 0 Å². The van der Waals surface area contributed by atoms with Gasteiger partial charge in [0.1, 0.15) is 11.6 Å². The van der Waals surface area contributed by atoms with Gasteiger partial charge >= 0.3 is 0 Å². The number of anilines is 1. The summed E-state index contributed by atoms with van der Waals surface area (Å²) in [7, 11) is 1.64. The van der Waals surface area contributed by atoms with E-state index >= 15 is 0 Å². The molecular weight excluding hydrogens is 470 g/mol. The number of likely N-dealkylation sites (tertiary alicyclic amines) is 1. The van der Waals surface area contributed by atoms with E-state index in [1.54, 1.807) is 7.11 Å². The molecule has 4 rings (SSSR count). The highest BCUT2D eigenvalue weighted by atomic mass is 16.5. The zero-order chi connectivity index (χ0) is 26.4. The van der Waals surface area contributed by atoms with Gasteiger partial charge in [-0.05, 0) is 76.1 Å². The van der Waals surface area contributed by atoms with E-state index in [9.17, 15) is 9.90 Å². The molecule has 202 valence electrons. The van der Waals surface area contributed by atoms with Gasteiger partial charge in [0.15, 0.2) is 5.82 Å². The summed E-state index contributed by atoms with van der Waals surface area (Å²) in [6, 6.07) is 5.69. The van der Waals surface area contributed by atoms with Crippen LogP contribution in [0.3, 0.4) is 0 Å². The highest BCUT2D eigenvalue weighted by Gasteiger charge is 2.31. The molecule has 0 aliphatic carbocycles. The van der Waals surface area contributed by atoms with Crippen LogP contribution in [0.2, 0.25) is 0 Å². The van der Waals surface area contributed by atoms with E-state index < -0.39 is 0 Å². The maximum absolute atomic E-state index is 13.0. The second-order valence-electron chi connectivity index (χ2n) is 10.3. The van der Waals surface area contributed by atoms with Crippen molar-refractivity contribution in [1.29, 1.82) is 0 Å². The first-order chi connectivity index (χ1) is 17.9. The van der Waals surface area contributed by atoms with Crippen molar-refractivity contribution in [2.75, 3.05) is 45.2 Å². The molecule has 1 fully saturated rings. The summed E-state index contributed by atoms with van der Waals surface area (Å²) in [4.78, 5) is 20.1. The van der Waals surface area contributed by atoms with Crippen LogP contribution in [0.15, 0.2) is 18.2 Å². The average molecular weight is 512 g/mol. The second kappa shape index (κ2) is 12.5. The zero-order valence-electron chi connectivity index (χ0n) is 22.5. The van der Waals surface area contributed by atoms with Crippen LogP contribution in [-0.2, 0) is 4.79 Å². The number of aryl methyl sites for hydroxylation is 1. The van der Waals surface area contributed by atoms with Crippen molar-refractivity contribution >= 4 is 28.4 Å². The van der Waals surface area contributed by atoms with Crippen LogP contribution in [0.5, 0.6) is 5.75 Å². The molecule has 37 heavy (non-hydrogen) atoms. The molecule has 3 aromatic rings. The number of ether oxygens (including phenoxy) is 1. The van der Waals surface area contributed by atoms with Crippen LogP contribution in [0.1, 0.15) is 51.8 Å². The van der Waals surface area contributed by atoms with Crippen LogP contribution in [0, 0.1) is 18.8 Å². The lowest BCUT2D eigenvalue weighted by Gasteiger charge is -2.38. The summed E-state index contributed by atoms with van der Waals surface area (Å²) in [5.41, 5.74) is 2.44. The molecule has 0 spiro atoms. The maximum Gasteiger partial charge on any atom is 0.237 e. The molecule has 2 aromatic heterocycles. The Balaban J connectivity index is 1.28. The number of aliphatic hydroxyl groups is 1. The van der Waals surface area contributed by atoms with Crippen molar-refractivity contribution in [3.63, 3.8) is 0 Å². The number of aromatic nitrogens is 4. The molecule has 0 radical (unpaired) electrons. The van der Waals surface area contributed by atoms with Crippen molar-refractivity contribution in [3.05, 3.63) is 24.0 Å². The van der Waals surface area contributed by atoms with Gasteiger partial charge in [-0.3, -0.25) is 14.1 Å². The average Bonchev–Trinajstić information content (AvgIpc) is 3.28. The third-order valence-corrected chi connectivity index (χ3v) is 7.37. The van der Waals surface area contributed by atoms with Crippen LogP contribution in [0.4, 0.5) is 5.82 Å². The Morgan fingerprint density at radius 2 is 1.95 bits per heavy atom. The van der Waals surface area contributed by atoms with Gasteiger partial charge in [-0.2, -0.15) is 0 Å². The largest absolute Gasteiger partial charge is 0.497 e. The minimum atomic E-state index is -0.101. The Morgan fingerprint density at radius 1 is 1.19 bits per heavy atom. The number of nitrogens with zero attached hydrogens (tertiary/aromatic N) is 5. The third kappa shape index (κ3) is 6.30. The Kier molecular flexibility index (Phi) is 9.15. The van der Waals surface area contributed by atoms with Gasteiger partial charge in [-0.25, -0.2) is 4.98 Å². The number of rotatable bonds is 12. The number of benzene rings is 1. The van der Waals surface area contributed by atoms with E-state index in [0.29, 0.717) is 30.5 Å². The number of aliphatic hydroxyl groups excluding tert-OH is 1. The van der Waals surface area contributed by atoms with Crippen molar-refractivity contribution in [1.82, 2.24) is 29.8 Å². The first kappa shape index (κ1) is 27.1. The van der Waals surface area contributed by atoms with Crippen LogP contribution in [0.25, 0.3) is 16.7 Å². The fourth-order valence-corrected chi connectivity index (χ4v) is 5.37. The van der Waals surface area contributed by atoms with Gasteiger partial charge in [-0.1, -0.05) is 13.8 Å². The number of methoxy groups -OCH3 is 1. The quantitative estimate of drug-likeness (QED) is 0.318. The molecule has 1 aliphatic heterocycles. The zero-order valence-corrected chi connectivity index (χ0v) is 22.5. The molecule has 3 heterocycles. The van der Waals surface area contributed by atoms with Gasteiger partial charge in [0.25, 0.3) is 0 Å². The van der Waals surface area contributed by atoms with E-state index in [0.717, 1.165) is 67.8 Å². The molecule has 0 saturated carbocycles. The highest BCUT2D eigenvalue weighted by Crippen LogP contribution is 2.26. The van der Waals surface area contributed by atoms with Gasteiger partial charge in [0.05, 0.1) is 24.2 Å². The van der Waals surface area contributed by atoms with Gasteiger partial charge in [0.2, 0.25) is 11.6 Å². The van der Waals surface area contributed by atoms with E-state index in [-0.39, 0.29) is 24.5 Å². The predicted molar refractivity (Wildman–Crippen MR) is 145 cm³/mol. The first-order valence-corrected chi connectivity index (χ1v) is 13.5. The molecule has 1 unspecified atom stereocenters. The SMILES string of the molecule is COc1ccc2c(c1)nc(NCCCCNC(=O)C(C(C)C)N1CCC(CCO)CC1)c1nnc(C)n12. The number of carbonyl (C=O) groups excluding carboxylic acids is 1. The predicted octanol–water partition coefficient (Wildman–Crippen LogP) is 3.02. The molecule has 1 atom stereocenters. The number of nitrogens with one attached hydrogen (secondary N) is 2. The van der Waals surface area contributed by atoms with Crippen molar-refractivity contribution in [2.24, 2.45) is 11.8 Å². The fourth-order valence-electron chi connectivity index (χ4n) is 5.37. The number of piperidine rings is 1. The summed E-state index contributed by atoms with van der Waals surface area (Å²) in [5, 5.41) is 24.4. The second-order valence-corrected chi connectivity index (χ2v) is 10.3. The first-order valence-electron chi connectivity index (χ1n) is 13.5. The number of fused-ring (bicyclic) bond motifs is 3. The van der Waals surface area contributed by atoms with Crippen molar-refractivity contribution in [3.8, 4) is 5.75 Å². The van der Waals surface area contributed by atoms with Gasteiger partial charge in [0, 0.05) is 25.8 Å². The summed E-state index contributed by atoms with van der Waals surface area (Å²) in [5.74, 6) is 3.19. The monoisotopic (exact) mass is 511 g/mol. The number of hydrogen-bond acceptors (Lipinski definition) is 8. The molecule has 1 aromatic carbocycles. The molecule has 10 nitrogen and oxygen atoms in total. The molecule has 3 N–H and O–H groups in total. The van der Waals surface area contributed by atoms with Crippen LogP contribution < -0.4 is 15.4 Å². The summed E-state index contributed by atoms with van der Waals surface area (Å²) in [6.45, 7) is 9.62. The Bertz CT molecular complexity index is 1190. The highest BCUT2D eigenvalue weighted by molar-refractivity contribution is 5.84. The summed E-state index contributed by atoms with van der Waals surface area (Å²) >= 11 is 0. The summed E-state index contributed by atoms with van der Waals surface area (Å²) < 4.78 is 7.37. The third-order valence-electron chi connectivity index (χ3n) is 7.37. The molecule has 0 bridgehead atoms. The van der Waals surface area contributed by atoms with Crippen molar-refractivity contribution < 1.29 is 14.6 Å². The van der Waals surface area contributed by atoms with E-state index in [2.05, 4.69) is 39.6 Å². The van der Waals surface area contributed by atoms with Crippen LogP contribution in [-0.4, -0.2) is 81.4 Å². The normalized spacial score (nSPS) is 15.9.